The topological polar surface area (TPSA) is 0 Å². The summed E-state index contributed by atoms with van der Waals surface area (Å²) in [7, 11) is 0. The largest absolute Gasteiger partial charge is 0.207 e. The first-order valence-corrected chi connectivity index (χ1v) is 5.48. The maximum atomic E-state index is 12.9. The number of alkyl halides is 1. The van der Waals surface area contributed by atoms with Gasteiger partial charge in [-0.1, -0.05) is 0 Å². The molecule has 13 heavy (non-hydrogen) atoms. The lowest BCUT2D eigenvalue weighted by molar-refractivity contribution is 0.630. The molecule has 0 atom stereocenters. The van der Waals surface area contributed by atoms with E-state index in [0.717, 1.165) is 19.9 Å². The molecular weight excluding hydrogens is 227 g/mol. The predicted octanol–water partition coefficient (Wildman–Crippen LogP) is 4.07. The van der Waals surface area contributed by atoms with E-state index in [1.807, 2.05) is 0 Å². The number of halogens is 2. The molecule has 1 heterocycles. The highest BCUT2D eigenvalue weighted by atomic mass is 35.5. The number of hydrogen-bond donors (Lipinski definition) is 1. The van der Waals surface area contributed by atoms with E-state index >= 15 is 0 Å². The zero-order valence-corrected chi connectivity index (χ0v) is 9.02. The van der Waals surface area contributed by atoms with Crippen LogP contribution in [0.2, 0.25) is 0 Å². The molecule has 0 unspecified atom stereocenters. The van der Waals surface area contributed by atoms with Gasteiger partial charge in [0.25, 0.3) is 0 Å². The Balaban J connectivity index is 2.80. The molecule has 2 rings (SSSR count). The molecule has 68 valence electrons. The number of fused-ring (bicyclic) bond motifs is 1. The third-order valence-electron chi connectivity index (χ3n) is 1.87. The Labute approximate surface area is 89.7 Å². The van der Waals surface area contributed by atoms with Crippen LogP contribution in [-0.2, 0) is 5.88 Å². The van der Waals surface area contributed by atoms with Crippen molar-refractivity contribution >= 4 is 45.7 Å². The van der Waals surface area contributed by atoms with Crippen LogP contribution in [0.4, 0.5) is 4.39 Å². The lowest BCUT2D eigenvalue weighted by atomic mass is 10.2. The SMILES string of the molecule is Fc1ccc2sc(S)c(CCl)c2c1. The molecule has 0 saturated carbocycles. The van der Waals surface area contributed by atoms with E-state index in [2.05, 4.69) is 12.6 Å². The van der Waals surface area contributed by atoms with E-state index in [1.165, 1.54) is 23.5 Å². The van der Waals surface area contributed by atoms with Crippen LogP contribution in [0.5, 0.6) is 0 Å². The molecule has 0 aliphatic rings. The minimum atomic E-state index is -0.231. The molecule has 1 aromatic heterocycles. The van der Waals surface area contributed by atoms with Crippen molar-refractivity contribution < 1.29 is 4.39 Å². The van der Waals surface area contributed by atoms with Gasteiger partial charge in [0.2, 0.25) is 0 Å². The van der Waals surface area contributed by atoms with Crippen molar-refractivity contribution in [1.29, 1.82) is 0 Å². The van der Waals surface area contributed by atoms with Gasteiger partial charge in [0.05, 0.1) is 4.21 Å². The summed E-state index contributed by atoms with van der Waals surface area (Å²) in [6.45, 7) is 0. The van der Waals surface area contributed by atoms with Gasteiger partial charge in [-0.3, -0.25) is 0 Å². The molecule has 0 bridgehead atoms. The summed E-state index contributed by atoms with van der Waals surface area (Å²) in [4.78, 5) is 0. The highest BCUT2D eigenvalue weighted by molar-refractivity contribution is 7.83. The molecule has 0 aliphatic carbocycles. The monoisotopic (exact) mass is 232 g/mol. The van der Waals surface area contributed by atoms with Crippen molar-refractivity contribution in [3.05, 3.63) is 29.6 Å². The van der Waals surface area contributed by atoms with Gasteiger partial charge in [0.1, 0.15) is 5.82 Å². The van der Waals surface area contributed by atoms with Gasteiger partial charge < -0.3 is 0 Å². The Hall–Kier alpha value is -0.250. The number of thiol groups is 1. The van der Waals surface area contributed by atoms with Crippen molar-refractivity contribution in [3.63, 3.8) is 0 Å². The van der Waals surface area contributed by atoms with Gasteiger partial charge in [-0.2, -0.15) is 0 Å². The Morgan fingerprint density at radius 1 is 1.46 bits per heavy atom. The molecule has 0 saturated heterocycles. The van der Waals surface area contributed by atoms with Crippen molar-refractivity contribution in [2.45, 2.75) is 10.1 Å². The quantitative estimate of drug-likeness (QED) is 0.556. The summed E-state index contributed by atoms with van der Waals surface area (Å²) in [5.74, 6) is 0.146. The Morgan fingerprint density at radius 2 is 2.23 bits per heavy atom. The summed E-state index contributed by atoms with van der Waals surface area (Å²) in [6.07, 6.45) is 0. The molecule has 4 heteroatoms. The Morgan fingerprint density at radius 3 is 2.92 bits per heavy atom. The van der Waals surface area contributed by atoms with Crippen LogP contribution in [0.3, 0.4) is 0 Å². The number of hydrogen-bond acceptors (Lipinski definition) is 2. The fraction of sp³-hybridized carbons (Fsp3) is 0.111. The number of rotatable bonds is 1. The lowest BCUT2D eigenvalue weighted by Gasteiger charge is -1.93. The second-order valence-corrected chi connectivity index (χ2v) is 4.73. The molecule has 2 aromatic rings. The smallest absolute Gasteiger partial charge is 0.123 e. The van der Waals surface area contributed by atoms with Gasteiger partial charge in [-0.05, 0) is 23.8 Å². The fourth-order valence-corrected chi connectivity index (χ4v) is 3.12. The van der Waals surface area contributed by atoms with Crippen LogP contribution in [0.15, 0.2) is 22.4 Å². The second-order valence-electron chi connectivity index (χ2n) is 2.66. The summed E-state index contributed by atoms with van der Waals surface area (Å²) in [6, 6.07) is 4.71. The van der Waals surface area contributed by atoms with Crippen molar-refractivity contribution in [3.8, 4) is 0 Å². The highest BCUT2D eigenvalue weighted by Crippen LogP contribution is 2.35. The molecule has 0 aliphatic heterocycles. The first-order chi connectivity index (χ1) is 6.22. The zero-order valence-electron chi connectivity index (χ0n) is 6.55. The minimum absolute atomic E-state index is 0.231. The van der Waals surface area contributed by atoms with Gasteiger partial charge in [-0.15, -0.1) is 35.6 Å². The molecule has 0 nitrogen and oxygen atoms in total. The van der Waals surface area contributed by atoms with Crippen LogP contribution in [0.25, 0.3) is 10.1 Å². The Kier molecular flexibility index (Phi) is 2.49. The van der Waals surface area contributed by atoms with Crippen molar-refractivity contribution in [1.82, 2.24) is 0 Å². The van der Waals surface area contributed by atoms with Crippen molar-refractivity contribution in [2.75, 3.05) is 0 Å². The average molecular weight is 233 g/mol. The predicted molar refractivity (Wildman–Crippen MR) is 58.6 cm³/mol. The maximum Gasteiger partial charge on any atom is 0.123 e. The van der Waals surface area contributed by atoms with Gasteiger partial charge in [0.15, 0.2) is 0 Å². The van der Waals surface area contributed by atoms with E-state index in [4.69, 9.17) is 11.6 Å². The van der Waals surface area contributed by atoms with Gasteiger partial charge >= 0.3 is 0 Å². The summed E-state index contributed by atoms with van der Waals surface area (Å²) >= 11 is 11.5. The van der Waals surface area contributed by atoms with Crippen LogP contribution in [-0.4, -0.2) is 0 Å². The summed E-state index contributed by atoms with van der Waals surface area (Å²) in [5, 5.41) is 0.880. The van der Waals surface area contributed by atoms with E-state index < -0.39 is 0 Å². The highest BCUT2D eigenvalue weighted by Gasteiger charge is 2.08. The Bertz CT molecular complexity index is 450. The van der Waals surface area contributed by atoms with E-state index in [0.29, 0.717) is 5.88 Å². The maximum absolute atomic E-state index is 12.9. The number of thiophene rings is 1. The van der Waals surface area contributed by atoms with Gasteiger partial charge in [0, 0.05) is 16.0 Å². The fourth-order valence-electron chi connectivity index (χ4n) is 1.24. The average Bonchev–Trinajstić information content (AvgIpc) is 2.40. The van der Waals surface area contributed by atoms with Crippen LogP contribution in [0, 0.1) is 5.82 Å². The first kappa shape index (κ1) is 9.31. The van der Waals surface area contributed by atoms with Crippen LogP contribution < -0.4 is 0 Å². The first-order valence-electron chi connectivity index (χ1n) is 3.68. The second kappa shape index (κ2) is 3.48. The third kappa shape index (κ3) is 1.56. The third-order valence-corrected chi connectivity index (χ3v) is 3.69. The van der Waals surface area contributed by atoms with Crippen LogP contribution in [0.1, 0.15) is 5.56 Å². The summed E-state index contributed by atoms with van der Waals surface area (Å²) in [5.41, 5.74) is 0.921. The van der Waals surface area contributed by atoms with E-state index in [9.17, 15) is 4.39 Å². The molecule has 0 N–H and O–H groups in total. The van der Waals surface area contributed by atoms with Crippen LogP contribution >= 0.6 is 35.6 Å². The molecule has 0 spiro atoms. The summed E-state index contributed by atoms with van der Waals surface area (Å²) < 4.78 is 14.8. The molecule has 1 aromatic carbocycles. The van der Waals surface area contributed by atoms with Gasteiger partial charge in [-0.25, -0.2) is 4.39 Å². The molecular formula is C9H6ClFS2. The number of benzene rings is 1. The van der Waals surface area contributed by atoms with E-state index in [1.54, 1.807) is 6.07 Å². The lowest BCUT2D eigenvalue weighted by Crippen LogP contribution is -1.77. The molecule has 0 fully saturated rings. The minimum Gasteiger partial charge on any atom is -0.207 e. The standard InChI is InChI=1S/C9H6ClFS2/c10-4-7-6-3-5(11)1-2-8(6)13-9(7)12/h1-3,12H,4H2. The normalized spacial score (nSPS) is 11.0. The van der Waals surface area contributed by atoms with E-state index in [-0.39, 0.29) is 5.82 Å². The molecule has 0 amide bonds. The molecule has 0 radical (unpaired) electrons. The zero-order chi connectivity index (χ0) is 9.42. The van der Waals surface area contributed by atoms with Crippen molar-refractivity contribution in [2.24, 2.45) is 0 Å².